The van der Waals surface area contributed by atoms with E-state index in [1.165, 1.54) is 104 Å². The van der Waals surface area contributed by atoms with Crippen molar-refractivity contribution in [2.45, 2.75) is 44.5 Å². The molecule has 2 N–H and O–H groups in total. The molecular weight excluding hydrogens is 1670 g/mol. The van der Waals surface area contributed by atoms with Gasteiger partial charge in [-0.15, -0.1) is 38.8 Å². The molecule has 0 amide bonds. The third kappa shape index (κ3) is 26.8. The summed E-state index contributed by atoms with van der Waals surface area (Å²) in [5.41, 5.74) is -1.70. The SMILES string of the molecule is C.FC(F)(F)c1ccc(-c2[c-]ccs2)nc1.FC(F)(F)c1ccc(-c2[c-]ccs2)nc1.FC(F)(F)c1ccc(-c2[c-]ccs2)nc1.FC(F)(F)c1ccc(-c2cccs2)nc1.FC(F)(F)c1ccc(-c2cccs2)nc1.FC(F)(F)c1ccc(Br)nc1.OB(O)c1cccs1.[Ir]. The first-order valence-electron chi connectivity index (χ1n) is 25.4. The molecule has 0 aliphatic heterocycles. The van der Waals surface area contributed by atoms with Gasteiger partial charge < -0.3 is 25.0 Å². The quantitative estimate of drug-likeness (QED) is 0.0732. The van der Waals surface area contributed by atoms with Crippen molar-refractivity contribution in [1.29, 1.82) is 0 Å². The maximum Gasteiger partial charge on any atom is 0.499 e. The molecule has 12 rings (SSSR count). The van der Waals surface area contributed by atoms with E-state index < -0.39 is 77.6 Å². The Bertz CT molecular complexity index is 3530. The average molecular weight is 1710 g/mol. The summed E-state index contributed by atoms with van der Waals surface area (Å²) in [6.45, 7) is 0. The van der Waals surface area contributed by atoms with E-state index in [4.69, 9.17) is 10.0 Å². The van der Waals surface area contributed by atoms with Crippen molar-refractivity contribution in [2.24, 2.45) is 0 Å². The van der Waals surface area contributed by atoms with Gasteiger partial charge in [0.2, 0.25) is 0 Å². The second-order valence-corrected chi connectivity index (χ2v) is 24.0. The molecule has 12 aromatic rings. The molecule has 0 saturated carbocycles. The number of halogens is 19. The molecule has 12 heterocycles. The van der Waals surface area contributed by atoms with Gasteiger partial charge in [0.25, 0.3) is 0 Å². The largest absolute Gasteiger partial charge is 0.499 e. The Morgan fingerprint density at radius 3 is 0.760 bits per heavy atom. The molecule has 0 unspecified atom stereocenters. The van der Waals surface area contributed by atoms with Crippen molar-refractivity contribution in [1.82, 2.24) is 29.9 Å². The van der Waals surface area contributed by atoms with E-state index in [-0.39, 0.29) is 27.5 Å². The first-order valence-corrected chi connectivity index (χ1v) is 31.4. The molecule has 12 aromatic heterocycles. The Morgan fingerprint density at radius 1 is 0.323 bits per heavy atom. The van der Waals surface area contributed by atoms with Crippen molar-refractivity contribution in [3.8, 4) is 52.9 Å². The predicted molar refractivity (Wildman–Crippen MR) is 337 cm³/mol. The first-order chi connectivity index (χ1) is 44.2. The summed E-state index contributed by atoms with van der Waals surface area (Å²) in [7, 11) is -1.30. The van der Waals surface area contributed by atoms with Crippen LogP contribution in [0.3, 0.4) is 0 Å². The number of nitrogens with zero attached hydrogens (tertiary/aromatic N) is 6. The summed E-state index contributed by atoms with van der Waals surface area (Å²) in [6.07, 6.45) is -20.9. The van der Waals surface area contributed by atoms with Gasteiger partial charge >= 0.3 is 44.2 Å². The van der Waals surface area contributed by atoms with Gasteiger partial charge in [-0.2, -0.15) is 127 Å². The van der Waals surface area contributed by atoms with Gasteiger partial charge in [-0.05, 0) is 97.7 Å². The van der Waals surface area contributed by atoms with E-state index in [1.54, 1.807) is 51.9 Å². The van der Waals surface area contributed by atoms with Gasteiger partial charge in [0.1, 0.15) is 4.60 Å². The fraction of sp³-hybridized carbons (Fsp3) is 0.115. The molecule has 509 valence electrons. The maximum atomic E-state index is 12.2. The van der Waals surface area contributed by atoms with Gasteiger partial charge in [0.05, 0.1) is 54.5 Å². The number of thiophene rings is 6. The van der Waals surface area contributed by atoms with Crippen LogP contribution in [0.4, 0.5) is 79.0 Å². The minimum absolute atomic E-state index is 0. The van der Waals surface area contributed by atoms with Gasteiger partial charge in [0, 0.05) is 62.1 Å². The maximum absolute atomic E-state index is 12.2. The summed E-state index contributed by atoms with van der Waals surface area (Å²) >= 11 is 11.3. The Balaban J connectivity index is 0.000000239. The van der Waals surface area contributed by atoms with Crippen LogP contribution in [0.1, 0.15) is 40.8 Å². The van der Waals surface area contributed by atoms with Crippen LogP contribution < -0.4 is 4.78 Å². The van der Waals surface area contributed by atoms with Gasteiger partial charge in [-0.1, -0.05) is 82.7 Å². The van der Waals surface area contributed by atoms with E-state index in [1.807, 2.05) is 35.0 Å². The van der Waals surface area contributed by atoms with Crippen molar-refractivity contribution in [2.75, 3.05) is 0 Å². The number of rotatable bonds is 6. The normalized spacial score (nSPS) is 11.2. The van der Waals surface area contributed by atoms with Crippen molar-refractivity contribution >= 4 is 95.8 Å². The summed E-state index contributed by atoms with van der Waals surface area (Å²) in [5, 5.41) is 27.9. The topological polar surface area (TPSA) is 118 Å². The predicted octanol–water partition coefficient (Wildman–Crippen LogP) is 21.5. The minimum atomic E-state index is -4.33. The van der Waals surface area contributed by atoms with Crippen molar-refractivity contribution in [3.63, 3.8) is 0 Å². The summed E-state index contributed by atoms with van der Waals surface area (Å²) in [5.74, 6) is 0. The fourth-order valence-electron chi connectivity index (χ4n) is 6.47. The molecule has 0 atom stereocenters. The molecule has 0 spiro atoms. The summed E-state index contributed by atoms with van der Waals surface area (Å²) < 4.78 is 220. The number of aromatic nitrogens is 6. The summed E-state index contributed by atoms with van der Waals surface area (Å²) in [4.78, 5) is 26.2. The van der Waals surface area contributed by atoms with Crippen LogP contribution in [0.15, 0.2) is 201 Å². The fourth-order valence-corrected chi connectivity index (χ4v) is 10.7. The number of pyridine rings is 6. The monoisotopic (exact) mass is 1700 g/mol. The van der Waals surface area contributed by atoms with Gasteiger partial charge in [-0.25, -0.2) is 39.0 Å². The zero-order valence-corrected chi connectivity index (χ0v) is 55.6. The standard InChI is InChI=1S/2C10H6F3NS.3C10H5F3NS.C6H3BrF3N.C4H5BO2S.CH4.Ir/c5*11-10(12,13)7-3-4-8(14-6-7)9-2-1-5-15-9;7-5-2-1-4(3-11-5)6(8,9)10;6-5(7)4-2-1-3-8-4;;/h2*1-6H;3*1,3-6H;1-3H;1-3,6-7H;1H4;/q;;3*-1;;;;. The average Bonchev–Trinajstić information content (AvgIpc) is 1.61. The molecular formula is C61H39BBrF18IrN6O2S6-3. The Hall–Kier alpha value is -7.05. The van der Waals surface area contributed by atoms with Crippen LogP contribution >= 0.6 is 84.0 Å². The van der Waals surface area contributed by atoms with Crippen molar-refractivity contribution < 1.29 is 109 Å². The molecule has 1 radical (unpaired) electrons. The van der Waals surface area contributed by atoms with Crippen molar-refractivity contribution in [3.05, 3.63) is 253 Å². The Kier molecular flexibility index (Phi) is 31.4. The Morgan fingerprint density at radius 2 is 0.583 bits per heavy atom. The molecule has 0 aliphatic carbocycles. The summed E-state index contributed by atoms with van der Waals surface area (Å²) in [6, 6.07) is 38.7. The number of hydrogen-bond acceptors (Lipinski definition) is 14. The third-order valence-corrected chi connectivity index (χ3v) is 16.6. The number of alkyl halides is 18. The molecule has 0 bridgehead atoms. The second-order valence-electron chi connectivity index (χ2n) is 17.5. The molecule has 96 heavy (non-hydrogen) atoms. The molecule has 0 aromatic carbocycles. The van der Waals surface area contributed by atoms with E-state index in [0.717, 1.165) is 98.0 Å². The minimum Gasteiger partial charge on any atom is -0.423 e. The van der Waals surface area contributed by atoms with Crippen LogP contribution in [0.2, 0.25) is 0 Å². The van der Waals surface area contributed by atoms with Gasteiger partial charge in [-0.3, -0.25) is 9.97 Å². The van der Waals surface area contributed by atoms with Crippen LogP contribution in [0.5, 0.6) is 0 Å². The van der Waals surface area contributed by atoms with Crippen LogP contribution in [-0.2, 0) is 57.2 Å². The zero-order chi connectivity index (χ0) is 68.9. The van der Waals surface area contributed by atoms with E-state index in [9.17, 15) is 79.0 Å². The van der Waals surface area contributed by atoms with Crippen LogP contribution in [-0.4, -0.2) is 47.1 Å². The van der Waals surface area contributed by atoms with Crippen LogP contribution in [0.25, 0.3) is 52.9 Å². The molecule has 8 nitrogen and oxygen atoms in total. The zero-order valence-electron chi connectivity index (χ0n) is 46.7. The Labute approximate surface area is 581 Å². The third-order valence-electron chi connectivity index (χ3n) is 11.0. The van der Waals surface area contributed by atoms with E-state index in [2.05, 4.69) is 64.0 Å². The molecule has 0 fully saturated rings. The smallest absolute Gasteiger partial charge is 0.423 e. The first kappa shape index (κ1) is 81.4. The van der Waals surface area contributed by atoms with E-state index >= 15 is 0 Å². The van der Waals surface area contributed by atoms with E-state index in [0.29, 0.717) is 37.8 Å². The molecule has 0 saturated heterocycles. The van der Waals surface area contributed by atoms with Gasteiger partial charge in [0.15, 0.2) is 0 Å². The molecule has 0 aliphatic rings. The second kappa shape index (κ2) is 37.1. The molecule has 35 heteroatoms. The number of hydrogen-bond donors (Lipinski definition) is 2. The van der Waals surface area contributed by atoms with Crippen LogP contribution in [0, 0.1) is 18.2 Å².